The topological polar surface area (TPSA) is 53.4 Å². The first-order valence-corrected chi connectivity index (χ1v) is 4.53. The SMILES string of the molecule is Cc1ccc(C(O)C(O)CCl)cn1. The highest BCUT2D eigenvalue weighted by molar-refractivity contribution is 6.18. The van der Waals surface area contributed by atoms with Crippen LogP contribution in [0, 0.1) is 6.92 Å². The average Bonchev–Trinajstić information content (AvgIpc) is 2.17. The van der Waals surface area contributed by atoms with Gasteiger partial charge in [-0.05, 0) is 13.0 Å². The van der Waals surface area contributed by atoms with E-state index in [1.54, 1.807) is 12.1 Å². The first kappa shape index (κ1) is 10.4. The van der Waals surface area contributed by atoms with Crippen molar-refractivity contribution in [3.8, 4) is 0 Å². The van der Waals surface area contributed by atoms with E-state index in [-0.39, 0.29) is 5.88 Å². The minimum absolute atomic E-state index is 0.00897. The van der Waals surface area contributed by atoms with Gasteiger partial charge in [0.1, 0.15) is 6.10 Å². The fourth-order valence-electron chi connectivity index (χ4n) is 0.961. The number of aryl methyl sites for hydroxylation is 1. The lowest BCUT2D eigenvalue weighted by molar-refractivity contribution is 0.0325. The van der Waals surface area contributed by atoms with Crippen LogP contribution in [0.2, 0.25) is 0 Å². The van der Waals surface area contributed by atoms with Crippen molar-refractivity contribution in [1.82, 2.24) is 4.98 Å². The number of aliphatic hydroxyl groups excluding tert-OH is 2. The van der Waals surface area contributed by atoms with Gasteiger partial charge in [0.15, 0.2) is 0 Å². The number of hydrogen-bond acceptors (Lipinski definition) is 3. The summed E-state index contributed by atoms with van der Waals surface area (Å²) in [5, 5.41) is 18.7. The van der Waals surface area contributed by atoms with Crippen LogP contribution in [0.25, 0.3) is 0 Å². The Balaban J connectivity index is 2.77. The maximum Gasteiger partial charge on any atom is 0.108 e. The molecule has 1 aromatic heterocycles. The van der Waals surface area contributed by atoms with Crippen LogP contribution in [0.1, 0.15) is 17.4 Å². The largest absolute Gasteiger partial charge is 0.389 e. The summed E-state index contributed by atoms with van der Waals surface area (Å²) in [6.07, 6.45) is -0.354. The van der Waals surface area contributed by atoms with Crippen molar-refractivity contribution in [2.24, 2.45) is 0 Å². The number of halogens is 1. The lowest BCUT2D eigenvalue weighted by Crippen LogP contribution is -2.19. The fraction of sp³-hybridized carbons (Fsp3) is 0.444. The average molecular weight is 202 g/mol. The van der Waals surface area contributed by atoms with Crippen LogP contribution in [0.15, 0.2) is 18.3 Å². The van der Waals surface area contributed by atoms with Crippen LogP contribution in [-0.2, 0) is 0 Å². The summed E-state index contributed by atoms with van der Waals surface area (Å²) in [5.74, 6) is 0.00897. The van der Waals surface area contributed by atoms with Gasteiger partial charge < -0.3 is 10.2 Å². The Labute approximate surface area is 82.0 Å². The van der Waals surface area contributed by atoms with Crippen molar-refractivity contribution in [2.75, 3.05) is 5.88 Å². The van der Waals surface area contributed by atoms with Gasteiger partial charge in [0.2, 0.25) is 0 Å². The summed E-state index contributed by atoms with van der Waals surface area (Å²) < 4.78 is 0. The molecule has 0 spiro atoms. The molecule has 0 aliphatic rings. The zero-order valence-corrected chi connectivity index (χ0v) is 8.07. The number of rotatable bonds is 3. The van der Waals surface area contributed by atoms with Crippen LogP contribution in [0.3, 0.4) is 0 Å². The quantitative estimate of drug-likeness (QED) is 0.719. The van der Waals surface area contributed by atoms with Crippen molar-refractivity contribution in [1.29, 1.82) is 0 Å². The molecule has 13 heavy (non-hydrogen) atoms. The van der Waals surface area contributed by atoms with E-state index in [0.29, 0.717) is 5.56 Å². The summed E-state index contributed by atoms with van der Waals surface area (Å²) in [6.45, 7) is 1.86. The molecule has 1 rings (SSSR count). The zero-order chi connectivity index (χ0) is 9.84. The number of alkyl halides is 1. The van der Waals surface area contributed by atoms with Gasteiger partial charge in [-0.15, -0.1) is 11.6 Å². The molecular formula is C9H12ClNO2. The molecule has 1 aromatic rings. The molecule has 2 N–H and O–H groups in total. The van der Waals surface area contributed by atoms with Crippen molar-refractivity contribution in [2.45, 2.75) is 19.1 Å². The summed E-state index contributed by atoms with van der Waals surface area (Å²) in [6, 6.07) is 3.50. The highest BCUT2D eigenvalue weighted by Crippen LogP contribution is 2.16. The molecule has 3 nitrogen and oxygen atoms in total. The Morgan fingerprint density at radius 2 is 2.15 bits per heavy atom. The third-order valence-electron chi connectivity index (χ3n) is 1.80. The molecule has 4 heteroatoms. The highest BCUT2D eigenvalue weighted by atomic mass is 35.5. The summed E-state index contributed by atoms with van der Waals surface area (Å²) >= 11 is 5.40. The predicted molar refractivity (Wildman–Crippen MR) is 50.7 cm³/mol. The van der Waals surface area contributed by atoms with Crippen molar-refractivity contribution >= 4 is 11.6 Å². The number of aliphatic hydroxyl groups is 2. The molecule has 0 fully saturated rings. The Bertz CT molecular complexity index is 263. The van der Waals surface area contributed by atoms with E-state index in [1.165, 1.54) is 6.20 Å². The van der Waals surface area contributed by atoms with Gasteiger partial charge in [-0.3, -0.25) is 4.98 Å². The molecule has 0 saturated carbocycles. The molecule has 2 unspecified atom stereocenters. The summed E-state index contributed by atoms with van der Waals surface area (Å²) in [5.41, 5.74) is 1.45. The lowest BCUT2D eigenvalue weighted by atomic mass is 10.1. The van der Waals surface area contributed by atoms with E-state index in [4.69, 9.17) is 11.6 Å². The predicted octanol–water partition coefficient (Wildman–Crippen LogP) is 1.02. The molecule has 0 aliphatic carbocycles. The Morgan fingerprint density at radius 3 is 2.62 bits per heavy atom. The molecule has 0 aromatic carbocycles. The van der Waals surface area contributed by atoms with E-state index >= 15 is 0 Å². The second-order valence-electron chi connectivity index (χ2n) is 2.90. The molecule has 0 saturated heterocycles. The third kappa shape index (κ3) is 2.66. The van der Waals surface area contributed by atoms with Gasteiger partial charge in [-0.1, -0.05) is 6.07 Å². The minimum Gasteiger partial charge on any atom is -0.389 e. The van der Waals surface area contributed by atoms with Crippen LogP contribution in [0.4, 0.5) is 0 Å². The lowest BCUT2D eigenvalue weighted by Gasteiger charge is -2.14. The van der Waals surface area contributed by atoms with Crippen LogP contribution < -0.4 is 0 Å². The van der Waals surface area contributed by atoms with Crippen molar-refractivity contribution in [3.63, 3.8) is 0 Å². The first-order valence-electron chi connectivity index (χ1n) is 4.00. The smallest absolute Gasteiger partial charge is 0.108 e. The Morgan fingerprint density at radius 1 is 1.46 bits per heavy atom. The highest BCUT2D eigenvalue weighted by Gasteiger charge is 2.16. The molecule has 0 bridgehead atoms. The zero-order valence-electron chi connectivity index (χ0n) is 7.31. The normalized spacial score (nSPS) is 15.4. The Kier molecular flexibility index (Phi) is 3.66. The monoisotopic (exact) mass is 201 g/mol. The van der Waals surface area contributed by atoms with Gasteiger partial charge in [0, 0.05) is 17.5 Å². The van der Waals surface area contributed by atoms with Crippen LogP contribution >= 0.6 is 11.6 Å². The summed E-state index contributed by atoms with van der Waals surface area (Å²) in [7, 11) is 0. The summed E-state index contributed by atoms with van der Waals surface area (Å²) in [4.78, 5) is 4.00. The third-order valence-corrected chi connectivity index (χ3v) is 2.11. The fourth-order valence-corrected chi connectivity index (χ4v) is 1.13. The van der Waals surface area contributed by atoms with Gasteiger partial charge in [-0.25, -0.2) is 0 Å². The minimum atomic E-state index is -0.953. The number of aromatic nitrogens is 1. The second-order valence-corrected chi connectivity index (χ2v) is 3.21. The van der Waals surface area contributed by atoms with E-state index in [9.17, 15) is 10.2 Å². The standard InChI is InChI=1S/C9H12ClNO2/c1-6-2-3-7(5-11-6)9(13)8(12)4-10/h2-3,5,8-9,12-13H,4H2,1H3. The van der Waals surface area contributed by atoms with Crippen LogP contribution in [-0.4, -0.2) is 27.2 Å². The van der Waals surface area contributed by atoms with Crippen molar-refractivity contribution in [3.05, 3.63) is 29.6 Å². The van der Waals surface area contributed by atoms with E-state index in [1.807, 2.05) is 6.92 Å². The van der Waals surface area contributed by atoms with Crippen molar-refractivity contribution < 1.29 is 10.2 Å². The molecule has 72 valence electrons. The molecule has 0 aliphatic heterocycles. The molecule has 1 heterocycles. The number of nitrogens with zero attached hydrogens (tertiary/aromatic N) is 1. The van der Waals surface area contributed by atoms with Gasteiger partial charge in [0.25, 0.3) is 0 Å². The molecule has 0 radical (unpaired) electrons. The molecule has 0 amide bonds. The molecule has 2 atom stereocenters. The van der Waals surface area contributed by atoms with E-state index < -0.39 is 12.2 Å². The van der Waals surface area contributed by atoms with Crippen LogP contribution in [0.5, 0.6) is 0 Å². The maximum atomic E-state index is 9.51. The van der Waals surface area contributed by atoms with Gasteiger partial charge in [0.05, 0.1) is 12.0 Å². The number of pyridine rings is 1. The van der Waals surface area contributed by atoms with E-state index in [0.717, 1.165) is 5.69 Å². The van der Waals surface area contributed by atoms with Gasteiger partial charge in [-0.2, -0.15) is 0 Å². The second kappa shape index (κ2) is 4.56. The van der Waals surface area contributed by atoms with Gasteiger partial charge >= 0.3 is 0 Å². The maximum absolute atomic E-state index is 9.51. The molecular weight excluding hydrogens is 190 g/mol. The van der Waals surface area contributed by atoms with E-state index in [2.05, 4.69) is 4.98 Å². The number of hydrogen-bond donors (Lipinski definition) is 2. The Hall–Kier alpha value is -0.640. The first-order chi connectivity index (χ1) is 6.15.